The number of rotatable bonds is 7. The van der Waals surface area contributed by atoms with Gasteiger partial charge < -0.3 is 14.2 Å². The van der Waals surface area contributed by atoms with Gasteiger partial charge in [-0.05, 0) is 50.2 Å². The lowest BCUT2D eigenvalue weighted by Gasteiger charge is -2.34. The highest BCUT2D eigenvalue weighted by atomic mass is 35.5. The number of H-pyrrole nitrogens is 1. The molecule has 1 aliphatic carbocycles. The number of nitrogens with one attached hydrogen (secondary N) is 1. The number of halogens is 2. The number of hydrogen-bond donors (Lipinski definition) is 1. The average Bonchev–Trinajstić information content (AvgIpc) is 3.68. The number of alkyl halides is 1. The molecule has 10 nitrogen and oxygen atoms in total. The van der Waals surface area contributed by atoms with Crippen molar-refractivity contribution in [3.63, 3.8) is 0 Å². The van der Waals surface area contributed by atoms with Crippen molar-refractivity contribution in [2.45, 2.75) is 64.1 Å². The van der Waals surface area contributed by atoms with Crippen LogP contribution in [0.4, 0.5) is 10.3 Å². The largest absolute Gasteiger partial charge is 0.439 e. The van der Waals surface area contributed by atoms with E-state index in [1.165, 1.54) is 12.8 Å². The van der Waals surface area contributed by atoms with Gasteiger partial charge in [0.2, 0.25) is 11.8 Å². The molecule has 0 aromatic carbocycles. The summed E-state index contributed by atoms with van der Waals surface area (Å²) < 4.78 is 27.0. The van der Waals surface area contributed by atoms with E-state index in [0.29, 0.717) is 58.2 Å². The second kappa shape index (κ2) is 10.9. The van der Waals surface area contributed by atoms with E-state index in [1.54, 1.807) is 31.6 Å². The summed E-state index contributed by atoms with van der Waals surface area (Å²) in [7, 11) is 1.66. The third kappa shape index (κ3) is 4.89. The quantitative estimate of drug-likeness (QED) is 0.313. The maximum Gasteiger partial charge on any atom is 0.439 e. The van der Waals surface area contributed by atoms with Gasteiger partial charge in [0, 0.05) is 37.7 Å². The summed E-state index contributed by atoms with van der Waals surface area (Å²) in [6.45, 7) is 4.56. The van der Waals surface area contributed by atoms with Crippen LogP contribution in [0, 0.1) is 11.8 Å². The minimum atomic E-state index is -0.678. The molecular weight excluding hydrogens is 537 g/mol. The second-order valence-corrected chi connectivity index (χ2v) is 11.6. The van der Waals surface area contributed by atoms with Crippen LogP contribution in [0.2, 0.25) is 5.02 Å². The number of aromatic amines is 1. The fourth-order valence-corrected chi connectivity index (χ4v) is 6.49. The highest BCUT2D eigenvalue weighted by molar-refractivity contribution is 6.30. The molecule has 212 valence electrons. The Kier molecular flexibility index (Phi) is 7.35. The lowest BCUT2D eigenvalue weighted by Crippen LogP contribution is -2.35. The van der Waals surface area contributed by atoms with Crippen LogP contribution in [0.1, 0.15) is 52.0 Å². The smallest absolute Gasteiger partial charge is 0.380 e. The van der Waals surface area contributed by atoms with Gasteiger partial charge in [-0.15, -0.1) is 0 Å². The van der Waals surface area contributed by atoms with E-state index in [9.17, 15) is 9.18 Å². The summed E-state index contributed by atoms with van der Waals surface area (Å²) in [6.07, 6.45) is 8.32. The number of imidazole rings is 1. The van der Waals surface area contributed by atoms with Crippen LogP contribution in [0.15, 0.2) is 33.8 Å². The third-order valence-corrected chi connectivity index (χ3v) is 8.81. The zero-order chi connectivity index (χ0) is 28.0. The van der Waals surface area contributed by atoms with Crippen LogP contribution in [-0.4, -0.2) is 62.1 Å². The summed E-state index contributed by atoms with van der Waals surface area (Å²) >= 11 is 6.37. The summed E-state index contributed by atoms with van der Waals surface area (Å²) in [4.78, 5) is 30.7. The van der Waals surface area contributed by atoms with Gasteiger partial charge in [0.1, 0.15) is 12.4 Å². The van der Waals surface area contributed by atoms with Crippen molar-refractivity contribution >= 4 is 28.6 Å². The van der Waals surface area contributed by atoms with Gasteiger partial charge in [-0.25, -0.2) is 19.2 Å². The zero-order valence-corrected chi connectivity index (χ0v) is 23.6. The van der Waals surface area contributed by atoms with Gasteiger partial charge in [0.05, 0.1) is 33.9 Å². The minimum Gasteiger partial charge on any atom is -0.380 e. The van der Waals surface area contributed by atoms with Crippen LogP contribution >= 0.6 is 11.6 Å². The molecule has 1 saturated carbocycles. The van der Waals surface area contributed by atoms with Crippen LogP contribution in [0.5, 0.6) is 0 Å². The number of fused-ring (bicyclic) bond motifs is 1. The van der Waals surface area contributed by atoms with Gasteiger partial charge in [0.15, 0.2) is 0 Å². The molecule has 1 N–H and O–H groups in total. The first-order chi connectivity index (χ1) is 19.4. The molecule has 0 amide bonds. The Balaban J connectivity index is 1.61. The van der Waals surface area contributed by atoms with E-state index in [4.69, 9.17) is 30.8 Å². The van der Waals surface area contributed by atoms with Gasteiger partial charge in [0.25, 0.3) is 0 Å². The fraction of sp³-hybridized carbons (Fsp3) is 0.536. The van der Waals surface area contributed by atoms with Crippen molar-refractivity contribution < 1.29 is 13.7 Å². The number of methoxy groups -OCH3 is 1. The molecule has 1 unspecified atom stereocenters. The van der Waals surface area contributed by atoms with E-state index in [2.05, 4.69) is 33.5 Å². The van der Waals surface area contributed by atoms with Crippen molar-refractivity contribution in [1.82, 2.24) is 29.7 Å². The molecule has 4 aromatic heterocycles. The predicted octanol–water partition coefficient (Wildman–Crippen LogP) is 5.44. The molecule has 2 fully saturated rings. The number of anilines is 1. The van der Waals surface area contributed by atoms with E-state index in [0.717, 1.165) is 18.4 Å². The van der Waals surface area contributed by atoms with Crippen LogP contribution in [0.25, 0.3) is 33.8 Å². The van der Waals surface area contributed by atoms with E-state index < -0.39 is 12.4 Å². The first-order valence-electron chi connectivity index (χ1n) is 13.8. The van der Waals surface area contributed by atoms with Gasteiger partial charge >= 0.3 is 5.76 Å². The fourth-order valence-electron chi connectivity index (χ4n) is 6.32. The molecule has 0 bridgehead atoms. The first-order valence-corrected chi connectivity index (χ1v) is 14.2. The average molecular weight is 570 g/mol. The van der Waals surface area contributed by atoms with E-state index >= 15 is 0 Å². The Morgan fingerprint density at radius 2 is 2.02 bits per heavy atom. The van der Waals surface area contributed by atoms with E-state index in [1.807, 2.05) is 4.90 Å². The topological polar surface area (TPSA) is 115 Å². The standard InChI is InChI=1S/C28H33ClFN7O3/c1-15-4-6-17(7-5-15)16(2)37-25-22(33-27(37)36-14-21(39-3)9-20(36)11-30)10-23(26-34-28(38)40-35-26)32-24(25)18-8-19(29)13-31-12-18/h8,10,12-13,15-17,20-21H,4-7,9,11,14H2,1-3H3,(H,34,35,38)/t15?,16?,17?,20-,21+/m0/s1. The monoisotopic (exact) mass is 569 g/mol. The first kappa shape index (κ1) is 26.9. The molecule has 40 heavy (non-hydrogen) atoms. The Labute approximate surface area is 235 Å². The summed E-state index contributed by atoms with van der Waals surface area (Å²) in [5.74, 6) is 1.33. The van der Waals surface area contributed by atoms with E-state index in [-0.39, 0.29) is 24.0 Å². The SMILES string of the molecule is CO[C@@H]1C[C@@H](CF)N(c2nc3cc(-c4noc(=O)[nH]4)nc(-c4cncc(Cl)c4)c3n2C(C)C2CCC(C)CC2)C1. The normalized spacial score (nSPS) is 24.2. The van der Waals surface area contributed by atoms with Crippen molar-refractivity contribution in [3.05, 3.63) is 40.1 Å². The number of ether oxygens (including phenoxy) is 1. The van der Waals surface area contributed by atoms with Gasteiger partial charge in [-0.2, -0.15) is 0 Å². The number of nitrogens with zero attached hydrogens (tertiary/aromatic N) is 6. The van der Waals surface area contributed by atoms with Crippen molar-refractivity contribution in [1.29, 1.82) is 0 Å². The molecule has 3 atom stereocenters. The highest BCUT2D eigenvalue weighted by Crippen LogP contribution is 2.43. The second-order valence-electron chi connectivity index (χ2n) is 11.2. The predicted molar refractivity (Wildman–Crippen MR) is 150 cm³/mol. The van der Waals surface area contributed by atoms with Crippen molar-refractivity contribution in [2.75, 3.05) is 25.2 Å². The van der Waals surface area contributed by atoms with Crippen LogP contribution in [0.3, 0.4) is 0 Å². The highest BCUT2D eigenvalue weighted by Gasteiger charge is 2.38. The molecule has 1 saturated heterocycles. The lowest BCUT2D eigenvalue weighted by molar-refractivity contribution is 0.117. The maximum absolute atomic E-state index is 14.4. The Morgan fingerprint density at radius 3 is 2.70 bits per heavy atom. The Hall–Kier alpha value is -3.31. The Bertz CT molecular complexity index is 1560. The van der Waals surface area contributed by atoms with Crippen LogP contribution in [-0.2, 0) is 4.74 Å². The van der Waals surface area contributed by atoms with Gasteiger partial charge in [-0.3, -0.25) is 14.5 Å². The lowest BCUT2D eigenvalue weighted by atomic mass is 9.79. The minimum absolute atomic E-state index is 0.0692. The summed E-state index contributed by atoms with van der Waals surface area (Å²) in [5.41, 5.74) is 3.13. The number of aromatic nitrogens is 6. The zero-order valence-electron chi connectivity index (χ0n) is 22.8. The molecular formula is C28H33ClFN7O3. The molecule has 4 aromatic rings. The van der Waals surface area contributed by atoms with Gasteiger partial charge in [-0.1, -0.05) is 36.5 Å². The Morgan fingerprint density at radius 1 is 1.23 bits per heavy atom. The molecule has 2 aliphatic rings. The number of pyridine rings is 2. The molecule has 12 heteroatoms. The van der Waals surface area contributed by atoms with Crippen molar-refractivity contribution in [2.24, 2.45) is 11.8 Å². The maximum atomic E-state index is 14.4. The molecule has 0 spiro atoms. The van der Waals surface area contributed by atoms with Crippen molar-refractivity contribution in [3.8, 4) is 22.8 Å². The molecule has 0 radical (unpaired) electrons. The van der Waals surface area contributed by atoms with Crippen LogP contribution < -0.4 is 10.7 Å². The number of hydrogen-bond acceptors (Lipinski definition) is 8. The third-order valence-electron chi connectivity index (χ3n) is 8.61. The molecule has 5 heterocycles. The molecule has 1 aliphatic heterocycles. The summed E-state index contributed by atoms with van der Waals surface area (Å²) in [6, 6.07) is 3.31. The summed E-state index contributed by atoms with van der Waals surface area (Å²) in [5, 5.41) is 4.32. The molecule has 6 rings (SSSR count).